The van der Waals surface area contributed by atoms with Crippen LogP contribution in [0.4, 0.5) is 0 Å². The lowest BCUT2D eigenvalue weighted by Crippen LogP contribution is -2.24. The Balaban J connectivity index is 1.88. The van der Waals surface area contributed by atoms with Crippen LogP contribution >= 0.6 is 0 Å². The van der Waals surface area contributed by atoms with Crippen molar-refractivity contribution in [3.63, 3.8) is 0 Å². The summed E-state index contributed by atoms with van der Waals surface area (Å²) in [5.74, 6) is 1.63. The third kappa shape index (κ3) is 6.33. The van der Waals surface area contributed by atoms with Crippen LogP contribution in [-0.4, -0.2) is 32.4 Å². The summed E-state index contributed by atoms with van der Waals surface area (Å²) < 4.78 is 16.4. The van der Waals surface area contributed by atoms with E-state index in [9.17, 15) is 4.79 Å². The first kappa shape index (κ1) is 20.3. The van der Waals surface area contributed by atoms with Crippen LogP contribution in [0.1, 0.15) is 30.0 Å². The number of amides is 1. The fourth-order valence-corrected chi connectivity index (χ4v) is 2.26. The molecule has 2 rings (SSSR count). The van der Waals surface area contributed by atoms with E-state index < -0.39 is 0 Å². The molecule has 0 aromatic heterocycles. The van der Waals surface area contributed by atoms with Crippen molar-refractivity contribution in [2.45, 2.75) is 27.2 Å². The van der Waals surface area contributed by atoms with E-state index in [1.165, 1.54) is 5.56 Å². The number of benzene rings is 2. The zero-order valence-electron chi connectivity index (χ0n) is 16.2. The maximum absolute atomic E-state index is 11.9. The van der Waals surface area contributed by atoms with Gasteiger partial charge >= 0.3 is 0 Å². The maximum atomic E-state index is 11.9. The molecule has 0 aliphatic heterocycles. The number of nitrogens with one attached hydrogen (secondary N) is 1. The average Bonchev–Trinajstić information content (AvgIpc) is 2.67. The summed E-state index contributed by atoms with van der Waals surface area (Å²) >= 11 is 0. The number of ether oxygens (including phenoxy) is 3. The molecular formula is C21H26N2O4. The summed E-state index contributed by atoms with van der Waals surface area (Å²) in [5, 5.41) is 3.96. The Hall–Kier alpha value is -3.02. The van der Waals surface area contributed by atoms with Crippen LogP contribution in [0.15, 0.2) is 41.5 Å². The molecule has 1 amide bonds. The van der Waals surface area contributed by atoms with Gasteiger partial charge in [0.25, 0.3) is 5.91 Å². The molecule has 0 atom stereocenters. The molecule has 27 heavy (non-hydrogen) atoms. The normalized spacial score (nSPS) is 10.7. The largest absolute Gasteiger partial charge is 0.493 e. The molecule has 0 saturated carbocycles. The summed E-state index contributed by atoms with van der Waals surface area (Å²) in [5.41, 5.74) is 5.54. The molecule has 144 valence electrons. The van der Waals surface area contributed by atoms with Crippen molar-refractivity contribution < 1.29 is 19.0 Å². The second kappa shape index (κ2) is 10.2. The second-order valence-corrected chi connectivity index (χ2v) is 6.09. The van der Waals surface area contributed by atoms with Gasteiger partial charge in [0.15, 0.2) is 18.1 Å². The van der Waals surface area contributed by atoms with E-state index in [0.717, 1.165) is 17.5 Å². The number of nitrogens with zero attached hydrogens (tertiary/aromatic N) is 1. The molecule has 6 nitrogen and oxygen atoms in total. The van der Waals surface area contributed by atoms with Crippen molar-refractivity contribution in [3.8, 4) is 17.2 Å². The minimum atomic E-state index is -0.333. The molecule has 6 heteroatoms. The highest BCUT2D eigenvalue weighted by Crippen LogP contribution is 2.27. The van der Waals surface area contributed by atoms with Gasteiger partial charge in [-0.05, 0) is 67.3 Å². The van der Waals surface area contributed by atoms with Crippen LogP contribution in [0.5, 0.6) is 17.2 Å². The van der Waals surface area contributed by atoms with Crippen LogP contribution < -0.4 is 19.6 Å². The van der Waals surface area contributed by atoms with E-state index in [4.69, 9.17) is 14.2 Å². The fourth-order valence-electron chi connectivity index (χ4n) is 2.26. The lowest BCUT2D eigenvalue weighted by Gasteiger charge is -2.10. The molecule has 2 aromatic rings. The van der Waals surface area contributed by atoms with Gasteiger partial charge in [0.1, 0.15) is 5.75 Å². The third-order valence-corrected chi connectivity index (χ3v) is 3.90. The van der Waals surface area contributed by atoms with Gasteiger partial charge in [-0.15, -0.1) is 0 Å². The summed E-state index contributed by atoms with van der Waals surface area (Å²) in [6.07, 6.45) is 2.45. The van der Waals surface area contributed by atoms with Gasteiger partial charge in [0, 0.05) is 0 Å². The number of aryl methyl sites for hydroxylation is 2. The summed E-state index contributed by atoms with van der Waals surface area (Å²) in [4.78, 5) is 11.9. The SMILES string of the molecule is CCCOc1cc(/C=N\NC(=O)COc2ccc(C)c(C)c2)ccc1OC. The van der Waals surface area contributed by atoms with Crippen molar-refractivity contribution in [2.75, 3.05) is 20.3 Å². The zero-order valence-corrected chi connectivity index (χ0v) is 16.2. The molecule has 0 spiro atoms. The highest BCUT2D eigenvalue weighted by molar-refractivity contribution is 5.83. The predicted molar refractivity (Wildman–Crippen MR) is 106 cm³/mol. The van der Waals surface area contributed by atoms with Crippen molar-refractivity contribution in [2.24, 2.45) is 5.10 Å². The first-order valence-electron chi connectivity index (χ1n) is 8.86. The smallest absolute Gasteiger partial charge is 0.277 e. The van der Waals surface area contributed by atoms with Gasteiger partial charge in [-0.2, -0.15) is 5.10 Å². The number of hydrogen-bond acceptors (Lipinski definition) is 5. The number of methoxy groups -OCH3 is 1. The molecule has 0 bridgehead atoms. The number of carbonyl (C=O) groups excluding carboxylic acids is 1. The number of hydrazone groups is 1. The highest BCUT2D eigenvalue weighted by Gasteiger charge is 2.05. The van der Waals surface area contributed by atoms with Gasteiger partial charge in [-0.25, -0.2) is 5.43 Å². The summed E-state index contributed by atoms with van der Waals surface area (Å²) in [6.45, 7) is 6.56. The first-order valence-corrected chi connectivity index (χ1v) is 8.86. The Kier molecular flexibility index (Phi) is 7.67. The van der Waals surface area contributed by atoms with Crippen LogP contribution in [0.3, 0.4) is 0 Å². The van der Waals surface area contributed by atoms with E-state index in [1.54, 1.807) is 19.4 Å². The average molecular weight is 370 g/mol. The van der Waals surface area contributed by atoms with E-state index in [-0.39, 0.29) is 12.5 Å². The highest BCUT2D eigenvalue weighted by atomic mass is 16.5. The Morgan fingerprint density at radius 2 is 1.89 bits per heavy atom. The molecule has 0 fully saturated rings. The molecule has 0 saturated heterocycles. The minimum absolute atomic E-state index is 0.104. The topological polar surface area (TPSA) is 69.2 Å². The van der Waals surface area contributed by atoms with Gasteiger partial charge < -0.3 is 14.2 Å². The Morgan fingerprint density at radius 1 is 1.07 bits per heavy atom. The minimum Gasteiger partial charge on any atom is -0.493 e. The fraction of sp³-hybridized carbons (Fsp3) is 0.333. The van der Waals surface area contributed by atoms with Gasteiger partial charge in [-0.1, -0.05) is 13.0 Å². The van der Waals surface area contributed by atoms with E-state index in [2.05, 4.69) is 10.5 Å². The third-order valence-electron chi connectivity index (χ3n) is 3.90. The molecule has 0 radical (unpaired) electrons. The van der Waals surface area contributed by atoms with Crippen LogP contribution in [-0.2, 0) is 4.79 Å². The van der Waals surface area contributed by atoms with Gasteiger partial charge in [0.2, 0.25) is 0 Å². The molecule has 0 heterocycles. The molecule has 0 aliphatic carbocycles. The van der Waals surface area contributed by atoms with Crippen molar-refractivity contribution in [1.82, 2.24) is 5.43 Å². The molecule has 2 aromatic carbocycles. The van der Waals surface area contributed by atoms with E-state index in [1.807, 2.05) is 51.1 Å². The summed E-state index contributed by atoms with van der Waals surface area (Å²) in [7, 11) is 1.59. The zero-order chi connectivity index (χ0) is 19.6. The Labute approximate surface area is 160 Å². The van der Waals surface area contributed by atoms with Crippen molar-refractivity contribution in [1.29, 1.82) is 0 Å². The monoisotopic (exact) mass is 370 g/mol. The van der Waals surface area contributed by atoms with E-state index in [0.29, 0.717) is 23.9 Å². The Bertz CT molecular complexity index is 803. The molecule has 0 aliphatic rings. The van der Waals surface area contributed by atoms with Crippen molar-refractivity contribution in [3.05, 3.63) is 53.1 Å². The molecule has 1 N–H and O–H groups in total. The second-order valence-electron chi connectivity index (χ2n) is 6.09. The van der Waals surface area contributed by atoms with Gasteiger partial charge in [0.05, 0.1) is 19.9 Å². The lowest BCUT2D eigenvalue weighted by molar-refractivity contribution is -0.123. The maximum Gasteiger partial charge on any atom is 0.277 e. The quantitative estimate of drug-likeness (QED) is 0.541. The number of rotatable bonds is 9. The van der Waals surface area contributed by atoms with Crippen LogP contribution in [0, 0.1) is 13.8 Å². The van der Waals surface area contributed by atoms with Gasteiger partial charge in [-0.3, -0.25) is 4.79 Å². The predicted octanol–water partition coefficient (Wildman–Crippen LogP) is 3.63. The van der Waals surface area contributed by atoms with Crippen molar-refractivity contribution >= 4 is 12.1 Å². The Morgan fingerprint density at radius 3 is 2.59 bits per heavy atom. The standard InChI is InChI=1S/C21H26N2O4/c1-5-10-26-20-12-17(7-9-19(20)25-4)13-22-23-21(24)14-27-18-8-6-15(2)16(3)11-18/h6-9,11-13H,5,10,14H2,1-4H3,(H,23,24)/b22-13-. The number of carbonyl (C=O) groups is 1. The number of hydrogen-bond donors (Lipinski definition) is 1. The lowest BCUT2D eigenvalue weighted by atomic mass is 10.1. The molecular weight excluding hydrogens is 344 g/mol. The first-order chi connectivity index (χ1) is 13.0. The summed E-state index contributed by atoms with van der Waals surface area (Å²) in [6, 6.07) is 11.2. The van der Waals surface area contributed by atoms with Crippen LogP contribution in [0.25, 0.3) is 0 Å². The van der Waals surface area contributed by atoms with Crippen LogP contribution in [0.2, 0.25) is 0 Å². The molecule has 0 unspecified atom stereocenters. The van der Waals surface area contributed by atoms with E-state index >= 15 is 0 Å².